The van der Waals surface area contributed by atoms with E-state index in [1.807, 2.05) is 0 Å². The Morgan fingerprint density at radius 1 is 0.309 bits per heavy atom. The van der Waals surface area contributed by atoms with Gasteiger partial charge >= 0.3 is 39.5 Å². The van der Waals surface area contributed by atoms with Crippen LogP contribution < -0.4 is 0 Å². The van der Waals surface area contributed by atoms with Crippen LogP contribution in [0.3, 0.4) is 0 Å². The molecule has 7 atom stereocenters. The van der Waals surface area contributed by atoms with Crippen LogP contribution in [0, 0.1) is 17.8 Å². The topological polar surface area (TPSA) is 237 Å². The number of carbonyl (C=O) groups excluding carboxylic acids is 4. The van der Waals surface area contributed by atoms with Crippen LogP contribution in [0.25, 0.3) is 0 Å². The first kappa shape index (κ1) is 92.1. The predicted molar refractivity (Wildman–Crippen MR) is 381 cm³/mol. The molecule has 0 aromatic rings. The van der Waals surface area contributed by atoms with E-state index in [0.717, 1.165) is 108 Å². The molecule has 0 saturated heterocycles. The first-order valence-electron chi connectivity index (χ1n) is 38.9. The maximum absolute atomic E-state index is 13.1. The van der Waals surface area contributed by atoms with Crippen molar-refractivity contribution in [2.24, 2.45) is 17.8 Å². The molecule has 0 radical (unpaired) electrons. The maximum atomic E-state index is 13.1. The summed E-state index contributed by atoms with van der Waals surface area (Å²) in [6, 6.07) is 0. The minimum absolute atomic E-state index is 0.105. The average Bonchev–Trinajstić information content (AvgIpc) is 2.02. The SMILES string of the molecule is CCCCCCCCCCCCCC(=O)OC[C@H](COP(=O)(O)OC[C@H](O)COP(=O)(O)OC[C@@H](COC(=O)CCCCCCCCCCCCC(C)CC)OC(=O)CCCCCCCCCCCCCCCCC(C)CC)OC(=O)CCCCCCCCCCC(C)C. The van der Waals surface area contributed by atoms with Gasteiger partial charge in [0.2, 0.25) is 0 Å². The molecule has 19 heteroatoms. The molecule has 94 heavy (non-hydrogen) atoms. The third kappa shape index (κ3) is 66.0. The van der Waals surface area contributed by atoms with E-state index in [4.69, 9.17) is 37.0 Å². The van der Waals surface area contributed by atoms with Crippen molar-refractivity contribution < 1.29 is 80.2 Å². The zero-order valence-corrected chi connectivity index (χ0v) is 63.2. The summed E-state index contributed by atoms with van der Waals surface area (Å²) in [5.41, 5.74) is 0. The van der Waals surface area contributed by atoms with Crippen LogP contribution in [-0.4, -0.2) is 96.7 Å². The van der Waals surface area contributed by atoms with Crippen molar-refractivity contribution in [3.05, 3.63) is 0 Å². The van der Waals surface area contributed by atoms with E-state index in [1.165, 1.54) is 193 Å². The van der Waals surface area contributed by atoms with Gasteiger partial charge in [-0.3, -0.25) is 37.3 Å². The fourth-order valence-electron chi connectivity index (χ4n) is 11.4. The second-order valence-electron chi connectivity index (χ2n) is 28.0. The Kier molecular flexibility index (Phi) is 64.3. The smallest absolute Gasteiger partial charge is 0.462 e. The maximum Gasteiger partial charge on any atom is 0.472 e. The van der Waals surface area contributed by atoms with Crippen molar-refractivity contribution in [1.29, 1.82) is 0 Å². The Hall–Kier alpha value is -1.94. The number of rotatable bonds is 73. The van der Waals surface area contributed by atoms with Crippen LogP contribution in [0.1, 0.15) is 382 Å². The fourth-order valence-corrected chi connectivity index (χ4v) is 12.9. The van der Waals surface area contributed by atoms with E-state index >= 15 is 0 Å². The number of esters is 4. The molecule has 0 aliphatic heterocycles. The second kappa shape index (κ2) is 65.7. The predicted octanol–water partition coefficient (Wildman–Crippen LogP) is 21.8. The number of ether oxygens (including phenoxy) is 4. The molecular formula is C75H146O17P2. The van der Waals surface area contributed by atoms with Gasteiger partial charge in [-0.1, -0.05) is 331 Å². The van der Waals surface area contributed by atoms with Gasteiger partial charge in [0.25, 0.3) is 0 Å². The van der Waals surface area contributed by atoms with Crippen LogP contribution in [0.15, 0.2) is 0 Å². The Morgan fingerprint density at radius 2 is 0.543 bits per heavy atom. The summed E-state index contributed by atoms with van der Waals surface area (Å²) >= 11 is 0. The Bertz CT molecular complexity index is 1840. The lowest BCUT2D eigenvalue weighted by Crippen LogP contribution is -2.30. The summed E-state index contributed by atoms with van der Waals surface area (Å²) in [5.74, 6) is 0.254. The lowest BCUT2D eigenvalue weighted by atomic mass is 9.99. The van der Waals surface area contributed by atoms with E-state index in [0.29, 0.717) is 25.7 Å². The Morgan fingerprint density at radius 3 is 0.809 bits per heavy atom. The van der Waals surface area contributed by atoms with E-state index in [9.17, 15) is 43.2 Å². The van der Waals surface area contributed by atoms with E-state index in [2.05, 4.69) is 48.5 Å². The molecule has 0 heterocycles. The van der Waals surface area contributed by atoms with E-state index in [-0.39, 0.29) is 25.7 Å². The number of carbonyl (C=O) groups is 4. The molecule has 0 aliphatic carbocycles. The molecule has 17 nitrogen and oxygen atoms in total. The number of phosphoric ester groups is 2. The molecule has 0 rings (SSSR count). The van der Waals surface area contributed by atoms with Gasteiger partial charge in [-0.05, 0) is 43.4 Å². The van der Waals surface area contributed by atoms with Crippen molar-refractivity contribution in [2.45, 2.75) is 401 Å². The first-order valence-corrected chi connectivity index (χ1v) is 41.9. The van der Waals surface area contributed by atoms with Crippen LogP contribution in [0.4, 0.5) is 0 Å². The molecule has 0 saturated carbocycles. The van der Waals surface area contributed by atoms with Crippen LogP contribution in [-0.2, 0) is 65.4 Å². The Labute approximate surface area is 575 Å². The summed E-state index contributed by atoms with van der Waals surface area (Å²) in [4.78, 5) is 72.8. The van der Waals surface area contributed by atoms with Gasteiger partial charge in [0.1, 0.15) is 19.3 Å². The molecule has 3 N–H and O–H groups in total. The quantitative estimate of drug-likeness (QED) is 0.0222. The number of aliphatic hydroxyl groups excluding tert-OH is 1. The average molecular weight is 1380 g/mol. The molecular weight excluding hydrogens is 1230 g/mol. The molecule has 0 aliphatic rings. The van der Waals surface area contributed by atoms with E-state index < -0.39 is 97.5 Å². The normalized spacial score (nSPS) is 14.7. The molecule has 0 fully saturated rings. The minimum atomic E-state index is -4.96. The third-order valence-electron chi connectivity index (χ3n) is 18.1. The van der Waals surface area contributed by atoms with Gasteiger partial charge in [-0.15, -0.1) is 0 Å². The number of hydrogen-bond acceptors (Lipinski definition) is 15. The third-order valence-corrected chi connectivity index (χ3v) is 20.0. The first-order chi connectivity index (χ1) is 45.3. The zero-order chi connectivity index (χ0) is 69.4. The van der Waals surface area contributed by atoms with Crippen LogP contribution >= 0.6 is 15.6 Å². The highest BCUT2D eigenvalue weighted by molar-refractivity contribution is 7.47. The molecule has 0 aromatic carbocycles. The standard InChI is InChI=1S/C75H146O17P2/c1-8-11-12-13-14-15-20-27-35-42-49-56-72(77)85-63-71(92-75(80)59-52-45-38-31-30-32-39-46-53-66(4)5)65-90-94(83,84)88-61-69(76)60-87-93(81,82)89-64-70(62-86-73(78)57-50-43-36-28-24-23-26-34-41-48-55-68(7)10-3)91-74(79)58-51-44-37-29-22-19-17-16-18-21-25-33-40-47-54-67(6)9-2/h66-71,76H,8-65H2,1-7H3,(H,81,82)(H,83,84)/t67?,68?,69-,70-,71-/m1/s1. The van der Waals surface area contributed by atoms with Crippen molar-refractivity contribution in [1.82, 2.24) is 0 Å². The van der Waals surface area contributed by atoms with Gasteiger partial charge in [-0.25, -0.2) is 9.13 Å². The molecule has 0 spiro atoms. The lowest BCUT2D eigenvalue weighted by Gasteiger charge is -2.21. The summed E-state index contributed by atoms with van der Waals surface area (Å²) in [6.07, 6.45) is 51.2. The van der Waals surface area contributed by atoms with Crippen molar-refractivity contribution in [3.63, 3.8) is 0 Å². The van der Waals surface area contributed by atoms with Crippen molar-refractivity contribution in [2.75, 3.05) is 39.6 Å². The summed E-state index contributed by atoms with van der Waals surface area (Å²) in [5, 5.41) is 10.6. The summed E-state index contributed by atoms with van der Waals surface area (Å²) in [7, 11) is -9.91. The van der Waals surface area contributed by atoms with Gasteiger partial charge in [-0.2, -0.15) is 0 Å². The van der Waals surface area contributed by atoms with Crippen molar-refractivity contribution >= 4 is 39.5 Å². The van der Waals surface area contributed by atoms with Gasteiger partial charge in [0, 0.05) is 25.7 Å². The Balaban J connectivity index is 5.25. The number of aliphatic hydroxyl groups is 1. The number of hydrogen-bond donors (Lipinski definition) is 3. The number of unbranched alkanes of at least 4 members (excludes halogenated alkanes) is 39. The second-order valence-corrected chi connectivity index (χ2v) is 30.9. The zero-order valence-electron chi connectivity index (χ0n) is 61.4. The van der Waals surface area contributed by atoms with Gasteiger partial charge < -0.3 is 33.8 Å². The molecule has 4 unspecified atom stereocenters. The highest BCUT2D eigenvalue weighted by atomic mass is 31.2. The van der Waals surface area contributed by atoms with E-state index in [1.54, 1.807) is 0 Å². The van der Waals surface area contributed by atoms with Crippen LogP contribution in [0.5, 0.6) is 0 Å². The minimum Gasteiger partial charge on any atom is -0.462 e. The van der Waals surface area contributed by atoms with Crippen molar-refractivity contribution in [3.8, 4) is 0 Å². The molecule has 558 valence electrons. The highest BCUT2D eigenvalue weighted by Gasteiger charge is 2.30. The summed E-state index contributed by atoms with van der Waals surface area (Å²) < 4.78 is 68.5. The molecule has 0 amide bonds. The summed E-state index contributed by atoms with van der Waals surface area (Å²) in [6.45, 7) is 11.9. The van der Waals surface area contributed by atoms with Gasteiger partial charge in [0.05, 0.1) is 26.4 Å². The lowest BCUT2D eigenvalue weighted by molar-refractivity contribution is -0.161. The number of phosphoric acid groups is 2. The fraction of sp³-hybridized carbons (Fsp3) is 0.947. The van der Waals surface area contributed by atoms with Gasteiger partial charge in [0.15, 0.2) is 12.2 Å². The monoisotopic (exact) mass is 1380 g/mol. The molecule has 0 aromatic heterocycles. The van der Waals surface area contributed by atoms with Crippen LogP contribution in [0.2, 0.25) is 0 Å². The largest absolute Gasteiger partial charge is 0.472 e. The highest BCUT2D eigenvalue weighted by Crippen LogP contribution is 2.45. The molecule has 0 bridgehead atoms.